The number of aliphatic hydroxyl groups is 1. The average Bonchev–Trinajstić information content (AvgIpc) is 3.27. The summed E-state index contributed by atoms with van der Waals surface area (Å²) in [5.41, 5.74) is 0. The third kappa shape index (κ3) is 4.19. The van der Waals surface area contributed by atoms with Gasteiger partial charge in [-0.25, -0.2) is 0 Å². The molecule has 1 aromatic rings. The molecule has 1 N–H and O–H groups in total. The first kappa shape index (κ1) is 17.5. The largest absolute Gasteiger partial charge is 0.467 e. The van der Waals surface area contributed by atoms with Crippen LogP contribution in [0.1, 0.15) is 63.2 Å². The molecule has 2 unspecified atom stereocenters. The minimum atomic E-state index is -0.629. The van der Waals surface area contributed by atoms with Crippen LogP contribution in [0.3, 0.4) is 0 Å². The monoisotopic (exact) mass is 335 g/mol. The predicted molar refractivity (Wildman–Crippen MR) is 90.4 cm³/mol. The summed E-state index contributed by atoms with van der Waals surface area (Å²) in [6, 6.07) is 3.71. The van der Waals surface area contributed by atoms with E-state index in [4.69, 9.17) is 9.15 Å². The minimum Gasteiger partial charge on any atom is -0.467 e. The summed E-state index contributed by atoms with van der Waals surface area (Å²) >= 11 is 0. The number of rotatable bonds is 6. The zero-order chi connectivity index (χ0) is 16.9. The molecule has 2 atom stereocenters. The van der Waals surface area contributed by atoms with Gasteiger partial charge in [0.05, 0.1) is 12.4 Å². The maximum Gasteiger partial charge on any atom is 0.223 e. The third-order valence-corrected chi connectivity index (χ3v) is 5.65. The first-order valence-corrected chi connectivity index (χ1v) is 9.21. The van der Waals surface area contributed by atoms with E-state index in [1.165, 1.54) is 0 Å². The predicted octanol–water partition coefficient (Wildman–Crippen LogP) is 3.29. The molecule has 1 amide bonds. The van der Waals surface area contributed by atoms with E-state index >= 15 is 0 Å². The molecule has 5 nitrogen and oxygen atoms in total. The molecule has 5 heteroatoms. The number of carbonyl (C=O) groups is 1. The van der Waals surface area contributed by atoms with Gasteiger partial charge in [0.15, 0.2) is 0 Å². The molecule has 1 saturated carbocycles. The van der Waals surface area contributed by atoms with Crippen LogP contribution >= 0.6 is 0 Å². The lowest BCUT2D eigenvalue weighted by Gasteiger charge is -2.31. The molecule has 2 aliphatic rings. The lowest BCUT2D eigenvalue weighted by Crippen LogP contribution is -2.38. The molecule has 1 saturated heterocycles. The first-order valence-electron chi connectivity index (χ1n) is 9.21. The Kier molecular flexibility index (Phi) is 5.95. The normalized spacial score (nSPS) is 28.9. The molecule has 2 fully saturated rings. The zero-order valence-electron chi connectivity index (χ0n) is 14.5. The maximum atomic E-state index is 12.7. The fraction of sp³-hybridized carbons (Fsp3) is 0.737. The van der Waals surface area contributed by atoms with Crippen molar-refractivity contribution in [3.63, 3.8) is 0 Å². The number of ether oxygens (including phenoxy) is 1. The Morgan fingerprint density at radius 2 is 2.17 bits per heavy atom. The van der Waals surface area contributed by atoms with Gasteiger partial charge in [0.2, 0.25) is 5.91 Å². The van der Waals surface area contributed by atoms with E-state index in [2.05, 4.69) is 0 Å². The summed E-state index contributed by atoms with van der Waals surface area (Å²) in [5, 5.41) is 10.3. The van der Waals surface area contributed by atoms with Crippen LogP contribution in [-0.4, -0.2) is 41.7 Å². The molecule has 1 aromatic heterocycles. The number of nitrogens with zero attached hydrogens (tertiary/aromatic N) is 1. The topological polar surface area (TPSA) is 62.9 Å². The lowest BCUT2D eigenvalue weighted by atomic mass is 9.85. The number of furan rings is 1. The molecule has 1 aliphatic heterocycles. The summed E-state index contributed by atoms with van der Waals surface area (Å²) in [4.78, 5) is 14.7. The van der Waals surface area contributed by atoms with Gasteiger partial charge >= 0.3 is 0 Å². The Morgan fingerprint density at radius 3 is 2.83 bits per heavy atom. The van der Waals surface area contributed by atoms with Gasteiger partial charge in [-0.2, -0.15) is 0 Å². The number of aliphatic hydroxyl groups excluding tert-OH is 1. The summed E-state index contributed by atoms with van der Waals surface area (Å²) in [6.45, 7) is 0.821. The maximum absolute atomic E-state index is 12.7. The SMILES string of the molecule is COC1CCC(CC(=O)N2CCCC2CC(O)c2ccco2)CC1. The van der Waals surface area contributed by atoms with Crippen molar-refractivity contribution in [1.29, 1.82) is 0 Å². The standard InChI is InChI=1S/C19H29NO4/c1-23-16-8-6-14(7-9-16)12-19(22)20-10-2-4-15(20)13-17(21)18-5-3-11-24-18/h3,5,11,14-17,21H,2,4,6-10,12-13H2,1H3. The van der Waals surface area contributed by atoms with Crippen molar-refractivity contribution in [3.8, 4) is 0 Å². The van der Waals surface area contributed by atoms with E-state index in [-0.39, 0.29) is 11.9 Å². The molecule has 3 rings (SSSR count). The van der Waals surface area contributed by atoms with Crippen molar-refractivity contribution in [2.75, 3.05) is 13.7 Å². The fourth-order valence-corrected chi connectivity index (χ4v) is 4.20. The number of hydrogen-bond acceptors (Lipinski definition) is 4. The highest BCUT2D eigenvalue weighted by molar-refractivity contribution is 5.77. The van der Waals surface area contributed by atoms with Crippen molar-refractivity contribution >= 4 is 5.91 Å². The summed E-state index contributed by atoms with van der Waals surface area (Å²) < 4.78 is 10.7. The second-order valence-corrected chi connectivity index (χ2v) is 7.23. The quantitative estimate of drug-likeness (QED) is 0.866. The molecule has 0 bridgehead atoms. The van der Waals surface area contributed by atoms with Crippen LogP contribution in [0.5, 0.6) is 0 Å². The Morgan fingerprint density at radius 1 is 1.38 bits per heavy atom. The van der Waals surface area contributed by atoms with Crippen molar-refractivity contribution in [2.45, 2.75) is 69.6 Å². The van der Waals surface area contributed by atoms with Crippen LogP contribution in [0.15, 0.2) is 22.8 Å². The van der Waals surface area contributed by atoms with Crippen LogP contribution < -0.4 is 0 Å². The van der Waals surface area contributed by atoms with E-state index in [0.717, 1.165) is 45.1 Å². The van der Waals surface area contributed by atoms with Gasteiger partial charge in [-0.3, -0.25) is 4.79 Å². The number of carbonyl (C=O) groups excluding carboxylic acids is 1. The Hall–Kier alpha value is -1.33. The lowest BCUT2D eigenvalue weighted by molar-refractivity contribution is -0.134. The van der Waals surface area contributed by atoms with Crippen LogP contribution in [0.25, 0.3) is 0 Å². The fourth-order valence-electron chi connectivity index (χ4n) is 4.20. The van der Waals surface area contributed by atoms with E-state index in [0.29, 0.717) is 30.6 Å². The van der Waals surface area contributed by atoms with Crippen molar-refractivity contribution in [1.82, 2.24) is 4.90 Å². The molecule has 0 spiro atoms. The van der Waals surface area contributed by atoms with Crippen molar-refractivity contribution < 1.29 is 19.1 Å². The van der Waals surface area contributed by atoms with Gasteiger partial charge in [-0.1, -0.05) is 0 Å². The Labute approximate surface area is 144 Å². The third-order valence-electron chi connectivity index (χ3n) is 5.65. The highest BCUT2D eigenvalue weighted by Crippen LogP contribution is 2.32. The second-order valence-electron chi connectivity index (χ2n) is 7.23. The number of amides is 1. The van der Waals surface area contributed by atoms with Gasteiger partial charge in [0, 0.05) is 32.5 Å². The van der Waals surface area contributed by atoms with Crippen LogP contribution in [0.4, 0.5) is 0 Å². The Bertz CT molecular complexity index is 507. The van der Waals surface area contributed by atoms with Crippen molar-refractivity contribution in [3.05, 3.63) is 24.2 Å². The molecule has 0 radical (unpaired) electrons. The number of methoxy groups -OCH3 is 1. The number of likely N-dealkylation sites (tertiary alicyclic amines) is 1. The van der Waals surface area contributed by atoms with Crippen molar-refractivity contribution in [2.24, 2.45) is 5.92 Å². The molecular weight excluding hydrogens is 306 g/mol. The molecule has 24 heavy (non-hydrogen) atoms. The Balaban J connectivity index is 1.50. The first-order chi connectivity index (χ1) is 11.7. The summed E-state index contributed by atoms with van der Waals surface area (Å²) in [6.07, 6.45) is 8.82. The highest BCUT2D eigenvalue weighted by Gasteiger charge is 2.33. The van der Waals surface area contributed by atoms with Gasteiger partial charge in [-0.05, 0) is 56.6 Å². The molecule has 1 aliphatic carbocycles. The zero-order valence-corrected chi connectivity index (χ0v) is 14.5. The minimum absolute atomic E-state index is 0.132. The van der Waals surface area contributed by atoms with Crippen LogP contribution in [-0.2, 0) is 9.53 Å². The average molecular weight is 335 g/mol. The van der Waals surface area contributed by atoms with Crippen LogP contribution in [0, 0.1) is 5.92 Å². The van der Waals surface area contributed by atoms with Gasteiger partial charge in [-0.15, -0.1) is 0 Å². The van der Waals surface area contributed by atoms with Gasteiger partial charge in [0.25, 0.3) is 0 Å². The molecule has 2 heterocycles. The molecular formula is C19H29NO4. The summed E-state index contributed by atoms with van der Waals surface area (Å²) in [5.74, 6) is 1.33. The highest BCUT2D eigenvalue weighted by atomic mass is 16.5. The van der Waals surface area contributed by atoms with E-state index in [1.807, 2.05) is 4.90 Å². The van der Waals surface area contributed by atoms with E-state index in [9.17, 15) is 9.90 Å². The summed E-state index contributed by atoms with van der Waals surface area (Å²) in [7, 11) is 1.77. The van der Waals surface area contributed by atoms with E-state index < -0.39 is 6.10 Å². The van der Waals surface area contributed by atoms with Gasteiger partial charge in [0.1, 0.15) is 11.9 Å². The smallest absolute Gasteiger partial charge is 0.223 e. The second kappa shape index (κ2) is 8.17. The molecule has 134 valence electrons. The van der Waals surface area contributed by atoms with Gasteiger partial charge < -0.3 is 19.2 Å². The van der Waals surface area contributed by atoms with Crippen LogP contribution in [0.2, 0.25) is 0 Å². The number of hydrogen-bond donors (Lipinski definition) is 1. The van der Waals surface area contributed by atoms with E-state index in [1.54, 1.807) is 25.5 Å². The molecule has 0 aromatic carbocycles.